The third-order valence-electron chi connectivity index (χ3n) is 10.0. The summed E-state index contributed by atoms with van der Waals surface area (Å²) in [4.78, 5) is 52.2. The van der Waals surface area contributed by atoms with E-state index in [0.717, 1.165) is 18.1 Å². The number of aliphatic carboxylic acids is 1. The highest BCUT2D eigenvalue weighted by Gasteiger charge is 2.71. The molecule has 4 aliphatic rings. The predicted octanol–water partition coefficient (Wildman–Crippen LogP) is 0.413. The molecule has 2 aromatic carbocycles. The second kappa shape index (κ2) is 12.6. The minimum atomic E-state index is -2.49. The second-order valence-electron chi connectivity index (χ2n) is 12.7. The number of hydrogen-bond donors (Lipinski definition) is 5. The highest BCUT2D eigenvalue weighted by Crippen LogP contribution is 2.64. The Kier molecular flexibility index (Phi) is 8.81. The van der Waals surface area contributed by atoms with Gasteiger partial charge < -0.3 is 49.4 Å². The molecule has 2 aliphatic carbocycles. The molecule has 0 unspecified atom stereocenters. The highest BCUT2D eigenvalue weighted by atomic mass is 16.6. The number of aliphatic hydroxyl groups is 4. The van der Waals surface area contributed by atoms with E-state index in [1.807, 2.05) is 13.1 Å². The summed E-state index contributed by atoms with van der Waals surface area (Å²) >= 11 is 0. The van der Waals surface area contributed by atoms with Crippen molar-refractivity contribution in [2.75, 3.05) is 13.6 Å². The number of carboxylic acid groups (broad SMARTS) is 1. The number of carbonyl (C=O) groups excluding carboxylic acids is 3. The van der Waals surface area contributed by atoms with Gasteiger partial charge in [-0.1, -0.05) is 42.5 Å². The maximum Gasteiger partial charge on any atom is 0.349 e. The van der Waals surface area contributed by atoms with Gasteiger partial charge in [-0.3, -0.25) is 0 Å². The molecule has 8 atom stereocenters. The van der Waals surface area contributed by atoms with Crippen LogP contribution in [0.3, 0.4) is 0 Å². The van der Waals surface area contributed by atoms with Crippen LogP contribution in [-0.2, 0) is 51.8 Å². The van der Waals surface area contributed by atoms with Crippen LogP contribution in [0.4, 0.5) is 0 Å². The number of carboxylic acids is 1. The second-order valence-corrected chi connectivity index (χ2v) is 12.7. The van der Waals surface area contributed by atoms with Crippen molar-refractivity contribution >= 4 is 23.9 Å². The summed E-state index contributed by atoms with van der Waals surface area (Å²) in [5.41, 5.74) is 0.000915. The molecule has 2 aromatic rings. The van der Waals surface area contributed by atoms with Crippen molar-refractivity contribution in [2.24, 2.45) is 0 Å². The summed E-state index contributed by atoms with van der Waals surface area (Å²) in [7, 11) is 1.95. The van der Waals surface area contributed by atoms with Crippen molar-refractivity contribution in [3.05, 3.63) is 76.6 Å². The van der Waals surface area contributed by atoms with Gasteiger partial charge in [-0.2, -0.15) is 0 Å². The predicted molar refractivity (Wildman–Crippen MR) is 162 cm³/mol. The van der Waals surface area contributed by atoms with E-state index in [4.69, 9.17) is 18.9 Å². The van der Waals surface area contributed by atoms with E-state index in [9.17, 15) is 44.7 Å². The smallest absolute Gasteiger partial charge is 0.349 e. The Labute approximate surface area is 275 Å². The van der Waals surface area contributed by atoms with E-state index in [2.05, 4.69) is 4.90 Å². The minimum absolute atomic E-state index is 0.0295. The van der Waals surface area contributed by atoms with Crippen LogP contribution in [0.25, 0.3) is 0 Å². The number of likely N-dealkylation sites (tertiary alicyclic amines) is 1. The molecule has 14 heteroatoms. The number of aliphatic hydroxyl groups excluding tert-OH is 3. The van der Waals surface area contributed by atoms with E-state index < -0.39 is 65.4 Å². The van der Waals surface area contributed by atoms with E-state index in [1.54, 1.807) is 24.3 Å². The van der Waals surface area contributed by atoms with Crippen molar-refractivity contribution in [1.29, 1.82) is 0 Å². The Bertz CT molecular complexity index is 1660. The largest absolute Gasteiger partial charge is 0.481 e. The Hall–Kier alpha value is -4.34. The van der Waals surface area contributed by atoms with Crippen molar-refractivity contribution in [2.45, 2.75) is 86.8 Å². The molecule has 5 N–H and O–H groups in total. The molecular weight excluding hydrogens is 630 g/mol. The fraction of sp³-hybridized carbons (Fsp3) is 0.471. The van der Waals surface area contributed by atoms with E-state index in [-0.39, 0.29) is 30.4 Å². The maximum absolute atomic E-state index is 13.2. The summed E-state index contributed by atoms with van der Waals surface area (Å²) in [6.07, 6.45) is -6.10. The van der Waals surface area contributed by atoms with Crippen LogP contribution < -0.4 is 4.74 Å². The molecule has 256 valence electrons. The molecule has 2 bridgehead atoms. The summed E-state index contributed by atoms with van der Waals surface area (Å²) in [5, 5.41) is 53.2. The first kappa shape index (κ1) is 33.6. The molecule has 6 rings (SSSR count). The van der Waals surface area contributed by atoms with Gasteiger partial charge in [-0.05, 0) is 51.4 Å². The van der Waals surface area contributed by atoms with E-state index >= 15 is 0 Å². The molecule has 48 heavy (non-hydrogen) atoms. The Morgan fingerprint density at radius 1 is 1.02 bits per heavy atom. The topological polar surface area (TPSA) is 210 Å². The molecule has 14 nitrogen and oxygen atoms in total. The number of benzene rings is 2. The van der Waals surface area contributed by atoms with Gasteiger partial charge in [0.1, 0.15) is 11.5 Å². The van der Waals surface area contributed by atoms with Crippen LogP contribution in [0.1, 0.15) is 54.5 Å². The van der Waals surface area contributed by atoms with Gasteiger partial charge in [0, 0.05) is 29.2 Å². The number of esters is 3. The Balaban J connectivity index is 1.17. The molecule has 0 amide bonds. The fourth-order valence-corrected chi connectivity index (χ4v) is 7.71. The van der Waals surface area contributed by atoms with Gasteiger partial charge in [0.05, 0.1) is 17.6 Å². The van der Waals surface area contributed by atoms with Crippen molar-refractivity contribution in [1.82, 2.24) is 4.90 Å². The van der Waals surface area contributed by atoms with Crippen molar-refractivity contribution in [3.63, 3.8) is 0 Å². The molecule has 1 saturated heterocycles. The third-order valence-corrected chi connectivity index (χ3v) is 10.0. The average molecular weight is 668 g/mol. The van der Waals surface area contributed by atoms with Crippen LogP contribution in [-0.4, -0.2) is 104 Å². The van der Waals surface area contributed by atoms with Crippen LogP contribution in [0.5, 0.6) is 5.75 Å². The van der Waals surface area contributed by atoms with Gasteiger partial charge in [-0.25, -0.2) is 19.2 Å². The van der Waals surface area contributed by atoms with Crippen LogP contribution in [0.15, 0.2) is 54.3 Å². The molecule has 2 heterocycles. The lowest BCUT2D eigenvalue weighted by Crippen LogP contribution is -2.69. The number of carbonyl (C=O) groups is 4. The lowest BCUT2D eigenvalue weighted by atomic mass is 9.52. The molecule has 1 fully saturated rings. The SMILES string of the molecule is C[C@H](OC(=O)[C@H](O)[C@@H](O)C(=O)OC1=CC[C@@]2(O)[C@H]3Cc4ccc(CO)c5c4[C@@]2(CCCN3C)[C@H]1O5)C(=O)O[C@H](C(=O)O)c1ccccc1. The number of likely N-dealkylation sites (N-methyl/N-ethyl adjacent to an activating group) is 1. The minimum Gasteiger partial charge on any atom is -0.481 e. The fourth-order valence-electron chi connectivity index (χ4n) is 7.71. The molecule has 1 spiro atoms. The lowest BCUT2D eigenvalue weighted by molar-refractivity contribution is -0.185. The summed E-state index contributed by atoms with van der Waals surface area (Å²) in [5.74, 6) is -5.32. The summed E-state index contributed by atoms with van der Waals surface area (Å²) < 4.78 is 21.9. The van der Waals surface area contributed by atoms with Gasteiger partial charge >= 0.3 is 23.9 Å². The number of ether oxygens (including phenoxy) is 4. The van der Waals surface area contributed by atoms with Gasteiger partial charge in [0.25, 0.3) is 0 Å². The Morgan fingerprint density at radius 2 is 1.73 bits per heavy atom. The van der Waals surface area contributed by atoms with Gasteiger partial charge in [0.2, 0.25) is 6.10 Å². The molecule has 2 aliphatic heterocycles. The number of nitrogens with zero attached hydrogens (tertiary/aromatic N) is 1. The third kappa shape index (κ3) is 5.24. The quantitative estimate of drug-likeness (QED) is 0.172. The number of rotatable bonds is 10. The Morgan fingerprint density at radius 3 is 2.42 bits per heavy atom. The lowest BCUT2D eigenvalue weighted by Gasteiger charge is -2.56. The maximum atomic E-state index is 13.2. The molecule has 0 saturated carbocycles. The standard InChI is InChI=1S/C34H37NO13/c1-17(30(41)48-27(29(39)40)18-7-4-3-5-8-18)45-31(42)24(37)25(38)32(43)46-21-11-13-34(44)22-15-19-9-10-20(16-36)26-23(19)33(34,28(21)47-26)12-6-14-35(22)2/h3-5,7-11,17,22,24-25,27-28,36-38,44H,6,12-16H2,1-2H3,(H,39,40)/t17-,22+,24+,25+,27-,28-,33-,34+/m0/s1. The summed E-state index contributed by atoms with van der Waals surface area (Å²) in [6, 6.07) is 11.0. The van der Waals surface area contributed by atoms with Crippen LogP contribution in [0.2, 0.25) is 0 Å². The highest BCUT2D eigenvalue weighted by molar-refractivity contribution is 5.88. The van der Waals surface area contributed by atoms with Gasteiger partial charge in [0.15, 0.2) is 24.4 Å². The zero-order chi connectivity index (χ0) is 34.5. The first-order chi connectivity index (χ1) is 22.8. The van der Waals surface area contributed by atoms with E-state index in [1.165, 1.54) is 18.2 Å². The van der Waals surface area contributed by atoms with Crippen molar-refractivity contribution < 1.29 is 63.7 Å². The molecule has 0 aromatic heterocycles. The molecular formula is C34H37NO13. The average Bonchev–Trinajstić information content (AvgIpc) is 3.41. The summed E-state index contributed by atoms with van der Waals surface area (Å²) in [6.45, 7) is 1.45. The normalized spacial score (nSPS) is 27.9. The monoisotopic (exact) mass is 667 g/mol. The first-order valence-electron chi connectivity index (χ1n) is 15.7. The molecule has 0 radical (unpaired) electrons. The number of hydrogen-bond acceptors (Lipinski definition) is 13. The zero-order valence-electron chi connectivity index (χ0n) is 26.3. The van der Waals surface area contributed by atoms with Crippen molar-refractivity contribution in [3.8, 4) is 5.75 Å². The zero-order valence-corrected chi connectivity index (χ0v) is 26.3. The van der Waals surface area contributed by atoms with Crippen LogP contribution in [0, 0.1) is 0 Å². The first-order valence-corrected chi connectivity index (χ1v) is 15.7. The van der Waals surface area contributed by atoms with Crippen LogP contribution >= 0.6 is 0 Å². The van der Waals surface area contributed by atoms with E-state index in [0.29, 0.717) is 37.1 Å². The van der Waals surface area contributed by atoms with Gasteiger partial charge in [-0.15, -0.1) is 0 Å².